The Morgan fingerprint density at radius 1 is 1.10 bits per heavy atom. The monoisotopic (exact) mass is 619 g/mol. The van der Waals surface area contributed by atoms with Crippen molar-refractivity contribution in [1.29, 1.82) is 0 Å². The van der Waals surface area contributed by atoms with Gasteiger partial charge in [-0.25, -0.2) is 5.43 Å². The Kier molecular flexibility index (Phi) is 10.8. The lowest BCUT2D eigenvalue weighted by atomic mass is 10.1. The van der Waals surface area contributed by atoms with Crippen LogP contribution in [0.4, 0.5) is 18.2 Å². The van der Waals surface area contributed by atoms with E-state index in [0.29, 0.717) is 29.1 Å². The van der Waals surface area contributed by atoms with E-state index in [1.807, 2.05) is 18.2 Å². The third-order valence-electron chi connectivity index (χ3n) is 7.07. The van der Waals surface area contributed by atoms with Crippen LogP contribution in [-0.4, -0.2) is 49.1 Å². The van der Waals surface area contributed by atoms with Crippen LogP contribution in [0.2, 0.25) is 5.02 Å². The zero-order valence-electron chi connectivity index (χ0n) is 23.4. The molecule has 0 saturated heterocycles. The second-order valence-electron chi connectivity index (χ2n) is 9.86. The van der Waals surface area contributed by atoms with Crippen LogP contribution in [0.25, 0.3) is 0 Å². The number of rotatable bonds is 12. The SMILES string of the molecule is CCN(CC)CCNCc1cccc(C(=O)Nc2sc3c(c2C(=O)N/N=C/c2ccc(Cl)c(C(F)(F)F)c2)CCC3)c1. The molecule has 4 rings (SSSR count). The van der Waals surface area contributed by atoms with Crippen molar-refractivity contribution in [3.63, 3.8) is 0 Å². The van der Waals surface area contributed by atoms with Crippen LogP contribution in [0.15, 0.2) is 47.6 Å². The molecule has 42 heavy (non-hydrogen) atoms. The van der Waals surface area contributed by atoms with Crippen LogP contribution in [0, 0.1) is 0 Å². The summed E-state index contributed by atoms with van der Waals surface area (Å²) in [6, 6.07) is 10.7. The van der Waals surface area contributed by atoms with Crippen molar-refractivity contribution in [2.75, 3.05) is 31.5 Å². The first-order chi connectivity index (χ1) is 20.1. The van der Waals surface area contributed by atoms with Gasteiger partial charge in [0.1, 0.15) is 5.00 Å². The largest absolute Gasteiger partial charge is 0.417 e. The lowest BCUT2D eigenvalue weighted by molar-refractivity contribution is -0.137. The Labute approximate surface area is 252 Å². The molecular weight excluding hydrogens is 587 g/mol. The van der Waals surface area contributed by atoms with Crippen molar-refractivity contribution in [2.45, 2.75) is 45.8 Å². The molecule has 0 saturated carbocycles. The van der Waals surface area contributed by atoms with Gasteiger partial charge in [-0.15, -0.1) is 11.3 Å². The van der Waals surface area contributed by atoms with Gasteiger partial charge in [0.2, 0.25) is 0 Å². The number of nitrogens with one attached hydrogen (secondary N) is 3. The number of alkyl halides is 3. The predicted molar refractivity (Wildman–Crippen MR) is 162 cm³/mol. The summed E-state index contributed by atoms with van der Waals surface area (Å²) in [4.78, 5) is 29.7. The number of aryl methyl sites for hydroxylation is 1. The molecule has 1 aliphatic carbocycles. The number of fused-ring (bicyclic) bond motifs is 1. The summed E-state index contributed by atoms with van der Waals surface area (Å²) < 4.78 is 39.5. The van der Waals surface area contributed by atoms with Gasteiger partial charge in [-0.2, -0.15) is 18.3 Å². The Bertz CT molecular complexity index is 1450. The van der Waals surface area contributed by atoms with Gasteiger partial charge in [-0.3, -0.25) is 9.59 Å². The van der Waals surface area contributed by atoms with Gasteiger partial charge in [0.05, 0.1) is 22.4 Å². The molecule has 0 spiro atoms. The molecular formula is C30H33ClF3N5O2S. The number of halogens is 4. The normalized spacial score (nSPS) is 13.1. The maximum atomic E-state index is 13.2. The lowest BCUT2D eigenvalue weighted by Crippen LogP contribution is -2.31. The fourth-order valence-corrected chi connectivity index (χ4v) is 6.31. The molecule has 2 amide bonds. The third kappa shape index (κ3) is 7.97. The molecule has 12 heteroatoms. The van der Waals surface area contributed by atoms with E-state index < -0.39 is 22.7 Å². The summed E-state index contributed by atoms with van der Waals surface area (Å²) >= 11 is 7.04. The zero-order chi connectivity index (χ0) is 30.3. The minimum absolute atomic E-state index is 0.124. The van der Waals surface area contributed by atoms with E-state index in [0.717, 1.165) is 73.4 Å². The lowest BCUT2D eigenvalue weighted by Gasteiger charge is -2.18. The van der Waals surface area contributed by atoms with Crippen molar-refractivity contribution in [1.82, 2.24) is 15.6 Å². The summed E-state index contributed by atoms with van der Waals surface area (Å²) in [6.07, 6.45) is -1.10. The van der Waals surface area contributed by atoms with Gasteiger partial charge in [-0.1, -0.05) is 43.6 Å². The maximum Gasteiger partial charge on any atom is 0.417 e. The number of amides is 2. The summed E-state index contributed by atoms with van der Waals surface area (Å²) in [7, 11) is 0. The van der Waals surface area contributed by atoms with Crippen molar-refractivity contribution in [3.05, 3.63) is 85.7 Å². The van der Waals surface area contributed by atoms with Crippen LogP contribution in [0.5, 0.6) is 0 Å². The molecule has 1 heterocycles. The van der Waals surface area contributed by atoms with E-state index in [9.17, 15) is 22.8 Å². The van der Waals surface area contributed by atoms with Gasteiger partial charge >= 0.3 is 6.18 Å². The molecule has 3 aromatic rings. The topological polar surface area (TPSA) is 85.8 Å². The third-order valence-corrected chi connectivity index (χ3v) is 8.61. The minimum atomic E-state index is -4.62. The van der Waals surface area contributed by atoms with Gasteiger partial charge in [0.15, 0.2) is 0 Å². The second kappa shape index (κ2) is 14.3. The van der Waals surface area contributed by atoms with Gasteiger partial charge in [0.25, 0.3) is 11.8 Å². The zero-order valence-corrected chi connectivity index (χ0v) is 25.0. The smallest absolute Gasteiger partial charge is 0.313 e. The van der Waals surface area contributed by atoms with Crippen LogP contribution in [-0.2, 0) is 25.6 Å². The minimum Gasteiger partial charge on any atom is -0.313 e. The fraction of sp³-hybridized carbons (Fsp3) is 0.367. The molecule has 1 aliphatic rings. The molecule has 0 aliphatic heterocycles. The predicted octanol–water partition coefficient (Wildman–Crippen LogP) is 6.36. The Hall–Kier alpha value is -3.25. The van der Waals surface area contributed by atoms with E-state index in [4.69, 9.17) is 11.6 Å². The molecule has 1 aromatic heterocycles. The van der Waals surface area contributed by atoms with E-state index >= 15 is 0 Å². The number of thiophene rings is 1. The van der Waals surface area contributed by atoms with Crippen LogP contribution < -0.4 is 16.1 Å². The van der Waals surface area contributed by atoms with Crippen LogP contribution in [0.3, 0.4) is 0 Å². The Morgan fingerprint density at radius 3 is 2.62 bits per heavy atom. The average molecular weight is 620 g/mol. The molecule has 0 fully saturated rings. The first-order valence-electron chi connectivity index (χ1n) is 13.8. The number of carbonyl (C=O) groups is 2. The van der Waals surface area contributed by atoms with Crippen LogP contribution >= 0.6 is 22.9 Å². The first kappa shape index (κ1) is 31.7. The highest BCUT2D eigenvalue weighted by atomic mass is 35.5. The van der Waals surface area contributed by atoms with Gasteiger partial charge < -0.3 is 15.5 Å². The molecule has 0 bridgehead atoms. The molecule has 7 nitrogen and oxygen atoms in total. The van der Waals surface area contributed by atoms with Crippen LogP contribution in [0.1, 0.15) is 68.1 Å². The van der Waals surface area contributed by atoms with E-state index in [1.165, 1.54) is 17.4 Å². The second-order valence-corrected chi connectivity index (χ2v) is 11.4. The Morgan fingerprint density at radius 2 is 1.88 bits per heavy atom. The first-order valence-corrected chi connectivity index (χ1v) is 15.0. The standard InChI is InChI=1S/C30H33ClF3N5O2S/c1-3-39(4-2)14-13-35-17-19-7-5-8-21(15-19)27(40)37-29-26(22-9-6-10-25(22)42-29)28(41)38-36-18-20-11-12-24(31)23(16-20)30(32,33)34/h5,7-8,11-12,15-16,18,35H,3-4,6,9-10,13-14,17H2,1-2H3,(H,37,40)(H,38,41)/b36-18+. The number of carbonyl (C=O) groups excluding carboxylic acids is 2. The highest BCUT2D eigenvalue weighted by Gasteiger charge is 2.33. The molecule has 3 N–H and O–H groups in total. The maximum absolute atomic E-state index is 13.2. The summed E-state index contributed by atoms with van der Waals surface area (Å²) in [5.74, 6) is -0.879. The molecule has 2 aromatic carbocycles. The van der Waals surface area contributed by atoms with Crippen molar-refractivity contribution >= 4 is 46.0 Å². The highest BCUT2D eigenvalue weighted by Crippen LogP contribution is 2.39. The van der Waals surface area contributed by atoms with Crippen molar-refractivity contribution in [3.8, 4) is 0 Å². The molecule has 0 atom stereocenters. The highest BCUT2D eigenvalue weighted by molar-refractivity contribution is 7.17. The summed E-state index contributed by atoms with van der Waals surface area (Å²) in [6.45, 7) is 8.66. The number of anilines is 1. The number of hydrazone groups is 1. The summed E-state index contributed by atoms with van der Waals surface area (Å²) in [5, 5.41) is 10.2. The van der Waals surface area contributed by atoms with E-state index in [1.54, 1.807) is 6.07 Å². The van der Waals surface area contributed by atoms with E-state index in [2.05, 4.69) is 39.9 Å². The van der Waals surface area contributed by atoms with Gasteiger partial charge in [0, 0.05) is 30.1 Å². The fourth-order valence-electron chi connectivity index (χ4n) is 4.80. The Balaban J connectivity index is 1.43. The average Bonchev–Trinajstić information content (AvgIpc) is 3.54. The quantitative estimate of drug-likeness (QED) is 0.125. The number of hydrogen-bond acceptors (Lipinski definition) is 6. The number of likely N-dealkylation sites (N-methyl/N-ethyl adjacent to an activating group) is 1. The number of hydrogen-bond donors (Lipinski definition) is 3. The number of nitrogens with zero attached hydrogens (tertiary/aromatic N) is 2. The molecule has 0 radical (unpaired) electrons. The molecule has 0 unspecified atom stereocenters. The van der Waals surface area contributed by atoms with Crippen molar-refractivity contribution in [2.24, 2.45) is 5.10 Å². The summed E-state index contributed by atoms with van der Waals surface area (Å²) in [5.41, 5.74) is 4.18. The number of benzene rings is 2. The van der Waals surface area contributed by atoms with Gasteiger partial charge in [-0.05, 0) is 73.3 Å². The van der Waals surface area contributed by atoms with Crippen molar-refractivity contribution < 1.29 is 22.8 Å². The van der Waals surface area contributed by atoms with E-state index in [-0.39, 0.29) is 11.5 Å². The molecule has 224 valence electrons.